The third-order valence-electron chi connectivity index (χ3n) is 4.47. The molecule has 0 radical (unpaired) electrons. The number of benzene rings is 3. The van der Waals surface area contributed by atoms with E-state index >= 15 is 0 Å². The highest BCUT2D eigenvalue weighted by atomic mass is 32.1. The molecule has 0 amide bonds. The number of aromatic nitrogens is 2. The van der Waals surface area contributed by atoms with Crippen LogP contribution >= 0.6 is 11.7 Å². The Labute approximate surface area is 160 Å². The number of halogens is 5. The molecule has 1 heterocycles. The van der Waals surface area contributed by atoms with E-state index in [9.17, 15) is 22.0 Å². The monoisotopic (exact) mass is 406 g/mol. The molecule has 0 atom stereocenters. The topological polar surface area (TPSA) is 25.8 Å². The molecule has 0 fully saturated rings. The maximum Gasteiger partial charge on any atom is 0.419 e. The molecule has 0 aliphatic rings. The summed E-state index contributed by atoms with van der Waals surface area (Å²) in [5.74, 6) is -1.67. The molecule has 4 aromatic rings. The van der Waals surface area contributed by atoms with Crippen LogP contribution in [0.5, 0.6) is 0 Å². The van der Waals surface area contributed by atoms with Gasteiger partial charge in [-0.05, 0) is 47.9 Å². The molecule has 2 nitrogen and oxygen atoms in total. The van der Waals surface area contributed by atoms with E-state index in [0.29, 0.717) is 27.7 Å². The Kier molecular flexibility index (Phi) is 4.38. The van der Waals surface area contributed by atoms with Crippen molar-refractivity contribution in [2.45, 2.75) is 13.1 Å². The molecular formula is C20H11F5N2S. The summed E-state index contributed by atoms with van der Waals surface area (Å²) in [7, 11) is 0. The number of alkyl halides is 3. The van der Waals surface area contributed by atoms with Crippen molar-refractivity contribution in [3.63, 3.8) is 0 Å². The van der Waals surface area contributed by atoms with Gasteiger partial charge >= 0.3 is 6.18 Å². The van der Waals surface area contributed by atoms with Crippen molar-refractivity contribution in [2.75, 3.05) is 0 Å². The van der Waals surface area contributed by atoms with Crippen LogP contribution < -0.4 is 0 Å². The van der Waals surface area contributed by atoms with Gasteiger partial charge in [0.1, 0.15) is 22.7 Å². The van der Waals surface area contributed by atoms with Gasteiger partial charge in [-0.25, -0.2) is 8.78 Å². The highest BCUT2D eigenvalue weighted by molar-refractivity contribution is 7.00. The molecule has 0 saturated heterocycles. The second-order valence-corrected chi connectivity index (χ2v) is 6.81. The molecule has 28 heavy (non-hydrogen) atoms. The van der Waals surface area contributed by atoms with Gasteiger partial charge in [-0.2, -0.15) is 21.9 Å². The summed E-state index contributed by atoms with van der Waals surface area (Å²) < 4.78 is 74.8. The fraction of sp³-hybridized carbons (Fsp3) is 0.100. The summed E-state index contributed by atoms with van der Waals surface area (Å²) in [6.07, 6.45) is -4.80. The zero-order valence-corrected chi connectivity index (χ0v) is 15.1. The van der Waals surface area contributed by atoms with E-state index in [4.69, 9.17) is 0 Å². The van der Waals surface area contributed by atoms with Crippen molar-refractivity contribution in [1.29, 1.82) is 0 Å². The first-order chi connectivity index (χ1) is 13.3. The molecule has 0 N–H and O–H groups in total. The van der Waals surface area contributed by atoms with Gasteiger partial charge < -0.3 is 0 Å². The Balaban J connectivity index is 1.90. The van der Waals surface area contributed by atoms with Gasteiger partial charge in [0.25, 0.3) is 0 Å². The summed E-state index contributed by atoms with van der Waals surface area (Å²) in [5, 5.41) is 0. The number of aryl methyl sites for hydroxylation is 1. The number of hydrogen-bond donors (Lipinski definition) is 0. The lowest BCUT2D eigenvalue weighted by atomic mass is 9.96. The average molecular weight is 406 g/mol. The van der Waals surface area contributed by atoms with Crippen LogP contribution in [0.4, 0.5) is 22.0 Å². The summed E-state index contributed by atoms with van der Waals surface area (Å²) >= 11 is 0.920. The normalized spacial score (nSPS) is 11.9. The number of nitrogens with zero attached hydrogens (tertiary/aromatic N) is 2. The van der Waals surface area contributed by atoms with Crippen LogP contribution in [0.25, 0.3) is 33.3 Å². The van der Waals surface area contributed by atoms with Crippen molar-refractivity contribution in [3.05, 3.63) is 71.3 Å². The molecule has 8 heteroatoms. The number of fused-ring (bicyclic) bond motifs is 1. The van der Waals surface area contributed by atoms with Crippen molar-refractivity contribution in [2.24, 2.45) is 0 Å². The van der Waals surface area contributed by atoms with E-state index in [1.807, 2.05) is 0 Å². The van der Waals surface area contributed by atoms with Crippen LogP contribution in [-0.4, -0.2) is 8.75 Å². The van der Waals surface area contributed by atoms with Crippen LogP contribution in [0, 0.1) is 18.6 Å². The van der Waals surface area contributed by atoms with Gasteiger partial charge in [-0.3, -0.25) is 0 Å². The minimum atomic E-state index is -4.80. The molecule has 142 valence electrons. The van der Waals surface area contributed by atoms with Gasteiger partial charge in [0.2, 0.25) is 0 Å². The van der Waals surface area contributed by atoms with Crippen molar-refractivity contribution >= 4 is 22.8 Å². The molecule has 4 rings (SSSR count). The molecule has 0 unspecified atom stereocenters. The van der Waals surface area contributed by atoms with E-state index in [2.05, 4.69) is 8.75 Å². The molecule has 0 bridgehead atoms. The van der Waals surface area contributed by atoms with Crippen LogP contribution in [0.1, 0.15) is 11.1 Å². The van der Waals surface area contributed by atoms with E-state index < -0.39 is 17.6 Å². The second-order valence-electron chi connectivity index (χ2n) is 6.28. The molecule has 1 aromatic heterocycles. The van der Waals surface area contributed by atoms with E-state index in [1.54, 1.807) is 31.2 Å². The molecule has 0 aliphatic carbocycles. The minimum absolute atomic E-state index is 0.188. The number of rotatable bonds is 2. The first-order valence-corrected chi connectivity index (χ1v) is 8.87. The fourth-order valence-electron chi connectivity index (χ4n) is 3.05. The summed E-state index contributed by atoms with van der Waals surface area (Å²) in [5.41, 5.74) is 2.04. The first kappa shape index (κ1) is 18.5. The van der Waals surface area contributed by atoms with Crippen LogP contribution in [0.2, 0.25) is 0 Å². The summed E-state index contributed by atoms with van der Waals surface area (Å²) in [6, 6.07) is 10.8. The molecule has 0 saturated carbocycles. The molecular weight excluding hydrogens is 395 g/mol. The number of hydrogen-bond acceptors (Lipinski definition) is 3. The van der Waals surface area contributed by atoms with Gasteiger partial charge in [-0.15, -0.1) is 0 Å². The van der Waals surface area contributed by atoms with Gasteiger partial charge in [0.15, 0.2) is 0 Å². The smallest absolute Gasteiger partial charge is 0.207 e. The van der Waals surface area contributed by atoms with E-state index in [0.717, 1.165) is 29.4 Å². The third kappa shape index (κ3) is 3.13. The Morgan fingerprint density at radius 3 is 1.82 bits per heavy atom. The molecule has 0 aliphatic heterocycles. The van der Waals surface area contributed by atoms with Gasteiger partial charge in [-0.1, -0.05) is 24.3 Å². The van der Waals surface area contributed by atoms with Crippen molar-refractivity contribution < 1.29 is 22.0 Å². The van der Waals surface area contributed by atoms with Crippen LogP contribution in [0.3, 0.4) is 0 Å². The van der Waals surface area contributed by atoms with Gasteiger partial charge in [0, 0.05) is 11.1 Å². The van der Waals surface area contributed by atoms with Crippen LogP contribution in [0.15, 0.2) is 48.5 Å². The Morgan fingerprint density at radius 1 is 0.750 bits per heavy atom. The minimum Gasteiger partial charge on any atom is -0.207 e. The Bertz CT molecular complexity index is 1200. The van der Waals surface area contributed by atoms with Gasteiger partial charge in [0.05, 0.1) is 17.3 Å². The third-order valence-corrected chi connectivity index (χ3v) is 5.00. The van der Waals surface area contributed by atoms with E-state index in [-0.39, 0.29) is 11.4 Å². The zero-order chi connectivity index (χ0) is 20.1. The SMILES string of the molecule is Cc1cc(-c2ccc(-c3ccc(F)c(C(F)(F)F)c3)c3nsnc23)ccc1F. The standard InChI is InChI=1S/C20H11F5N2S/c1-10-8-11(2-6-16(10)21)13-4-5-14(19-18(13)26-28-27-19)12-3-7-17(22)15(9-12)20(23,24)25/h2-9H,1H3. The lowest BCUT2D eigenvalue weighted by molar-refractivity contribution is -0.139. The first-order valence-electron chi connectivity index (χ1n) is 8.14. The zero-order valence-electron chi connectivity index (χ0n) is 14.3. The quantitative estimate of drug-likeness (QED) is 0.349. The largest absolute Gasteiger partial charge is 0.419 e. The molecule has 0 spiro atoms. The molecule has 3 aromatic carbocycles. The summed E-state index contributed by atoms with van der Waals surface area (Å²) in [4.78, 5) is 0. The second kappa shape index (κ2) is 6.63. The predicted octanol–water partition coefficient (Wildman–Crippen LogP) is 6.63. The van der Waals surface area contributed by atoms with E-state index in [1.165, 1.54) is 12.1 Å². The fourth-order valence-corrected chi connectivity index (χ4v) is 3.63. The lowest BCUT2D eigenvalue weighted by Crippen LogP contribution is -2.08. The van der Waals surface area contributed by atoms with Crippen molar-refractivity contribution in [1.82, 2.24) is 8.75 Å². The van der Waals surface area contributed by atoms with Crippen LogP contribution in [-0.2, 0) is 6.18 Å². The Hall–Kier alpha value is -2.87. The average Bonchev–Trinajstić information content (AvgIpc) is 3.13. The summed E-state index contributed by atoms with van der Waals surface area (Å²) in [6.45, 7) is 1.64. The predicted molar refractivity (Wildman–Crippen MR) is 97.9 cm³/mol. The lowest BCUT2D eigenvalue weighted by Gasteiger charge is -2.11. The Morgan fingerprint density at radius 2 is 1.29 bits per heavy atom. The maximum atomic E-state index is 13.6. The highest BCUT2D eigenvalue weighted by Crippen LogP contribution is 2.38. The maximum absolute atomic E-state index is 13.6. The highest BCUT2D eigenvalue weighted by Gasteiger charge is 2.34. The van der Waals surface area contributed by atoms with Crippen molar-refractivity contribution in [3.8, 4) is 22.3 Å².